The summed E-state index contributed by atoms with van der Waals surface area (Å²) in [5.74, 6) is -2.54. The third-order valence-electron chi connectivity index (χ3n) is 10.9. The molecule has 3 amide bonds. The number of rotatable bonds is 7. The maximum Gasteiger partial charge on any atom is 0.434 e. The second kappa shape index (κ2) is 14.1. The summed E-state index contributed by atoms with van der Waals surface area (Å²) in [6.45, 7) is 1.71. The van der Waals surface area contributed by atoms with Gasteiger partial charge in [0, 0.05) is 48.3 Å². The lowest BCUT2D eigenvalue weighted by Crippen LogP contribution is -2.43. The van der Waals surface area contributed by atoms with Gasteiger partial charge in [-0.05, 0) is 75.3 Å². The van der Waals surface area contributed by atoms with Crippen molar-refractivity contribution in [2.45, 2.75) is 75.3 Å². The maximum atomic E-state index is 15.9. The Morgan fingerprint density at radius 3 is 2.59 bits per heavy atom. The lowest BCUT2D eigenvalue weighted by molar-refractivity contribution is -0.141. The van der Waals surface area contributed by atoms with E-state index in [1.165, 1.54) is 4.57 Å². The smallest absolute Gasteiger partial charge is 0.407 e. The van der Waals surface area contributed by atoms with Crippen LogP contribution >= 0.6 is 0 Å². The summed E-state index contributed by atoms with van der Waals surface area (Å²) >= 11 is 0. The van der Waals surface area contributed by atoms with Gasteiger partial charge in [0.2, 0.25) is 11.8 Å². The Balaban J connectivity index is 0.862. The van der Waals surface area contributed by atoms with Gasteiger partial charge in [-0.2, -0.15) is 18.3 Å². The van der Waals surface area contributed by atoms with Gasteiger partial charge in [0.25, 0.3) is 5.91 Å². The minimum absolute atomic E-state index is 0.113. The van der Waals surface area contributed by atoms with Gasteiger partial charge in [0.1, 0.15) is 17.9 Å². The minimum Gasteiger partial charge on any atom is -0.407 e. The van der Waals surface area contributed by atoms with Crippen molar-refractivity contribution in [2.75, 3.05) is 25.0 Å². The molecule has 8 rings (SSSR count). The topological polar surface area (TPSA) is 157 Å². The molecule has 3 fully saturated rings. The number of imide groups is 1. The largest absolute Gasteiger partial charge is 0.434 e. The molecule has 0 spiro atoms. The first-order valence-corrected chi connectivity index (χ1v) is 17.9. The molecule has 13 nitrogen and oxygen atoms in total. The standard InChI is InChI=1S/C37H36F4N8O5/c38-26-19-47(13-12-24(26)25-2-1-3-29-33(25)54-36(53)49(29)30-10-11-32(50)45-35(30)52)17-20-4-7-23(8-5-20)48-18-21-14-22(6-9-27(21)46-48)43-34(51)28-15-42-16-31(44-28)37(39,40)41/h1-3,6,9,14-16,18,20,23-24,26,30H,4-5,7-8,10-13,17,19H2,(H,43,51)(H,45,50,52)/t20?,23?,24-,26+,30?/m1/s1. The molecule has 2 aliphatic heterocycles. The van der Waals surface area contributed by atoms with Crippen molar-refractivity contribution < 1.29 is 36.4 Å². The first-order chi connectivity index (χ1) is 25.9. The average molecular weight is 749 g/mol. The fourth-order valence-corrected chi connectivity index (χ4v) is 8.15. The predicted octanol–water partition coefficient (Wildman–Crippen LogP) is 5.54. The molecule has 2 saturated heterocycles. The van der Waals surface area contributed by atoms with E-state index in [-0.39, 0.29) is 36.9 Å². The number of likely N-dealkylation sites (tertiary alicyclic amines) is 1. The zero-order valence-electron chi connectivity index (χ0n) is 28.9. The normalized spacial score (nSPS) is 24.2. The molecule has 1 unspecified atom stereocenters. The molecule has 0 radical (unpaired) electrons. The molecule has 2 N–H and O–H groups in total. The number of carbonyl (C=O) groups is 3. The Morgan fingerprint density at radius 1 is 1.02 bits per heavy atom. The van der Waals surface area contributed by atoms with Crippen molar-refractivity contribution in [1.29, 1.82) is 0 Å². The van der Waals surface area contributed by atoms with Crippen molar-refractivity contribution >= 4 is 45.4 Å². The third kappa shape index (κ3) is 6.99. The average Bonchev–Trinajstić information content (AvgIpc) is 3.72. The number of amides is 3. The van der Waals surface area contributed by atoms with Crippen LogP contribution in [-0.2, 0) is 15.8 Å². The quantitative estimate of drug-likeness (QED) is 0.161. The summed E-state index contributed by atoms with van der Waals surface area (Å²) in [6, 6.07) is 9.57. The number of benzene rings is 2. The number of hydrogen-bond donors (Lipinski definition) is 2. The lowest BCUT2D eigenvalue weighted by Gasteiger charge is -2.38. The molecule has 3 aromatic heterocycles. The van der Waals surface area contributed by atoms with Crippen LogP contribution in [0.4, 0.5) is 23.2 Å². The molecular weight excluding hydrogens is 712 g/mol. The number of halogens is 4. The Labute approximate surface area is 304 Å². The van der Waals surface area contributed by atoms with E-state index >= 15 is 4.39 Å². The predicted molar refractivity (Wildman–Crippen MR) is 186 cm³/mol. The second-order valence-electron chi connectivity index (χ2n) is 14.4. The summed E-state index contributed by atoms with van der Waals surface area (Å²) in [4.78, 5) is 58.8. The number of para-hydroxylation sites is 1. The summed E-state index contributed by atoms with van der Waals surface area (Å²) in [7, 11) is 0. The Morgan fingerprint density at radius 2 is 1.83 bits per heavy atom. The fourth-order valence-electron chi connectivity index (χ4n) is 8.15. The Bertz CT molecular complexity index is 2310. The second-order valence-corrected chi connectivity index (χ2v) is 14.4. The van der Waals surface area contributed by atoms with Crippen LogP contribution in [0.2, 0.25) is 0 Å². The van der Waals surface area contributed by atoms with Crippen molar-refractivity contribution in [3.05, 3.63) is 82.5 Å². The van der Waals surface area contributed by atoms with E-state index in [0.717, 1.165) is 43.8 Å². The SMILES string of the molecule is O=C1CCC(n2c(=O)oc3c([C@H]4CCN(CC5CCC(n6cc7cc(NC(=O)c8cncc(C(F)(F)F)n8)ccc7n6)CC5)C[C@@H]4F)cccc32)C(=O)N1. The molecule has 3 aliphatic rings. The maximum absolute atomic E-state index is 15.9. The number of oxazole rings is 1. The van der Waals surface area contributed by atoms with Crippen LogP contribution in [0.1, 0.15) is 84.7 Å². The number of aromatic nitrogens is 5. The number of piperidine rings is 2. The highest BCUT2D eigenvalue weighted by atomic mass is 19.4. The molecule has 54 heavy (non-hydrogen) atoms. The number of hydrogen-bond acceptors (Lipinski definition) is 9. The number of carbonyl (C=O) groups excluding carboxylic acids is 3. The molecule has 1 aliphatic carbocycles. The van der Waals surface area contributed by atoms with Crippen LogP contribution in [0.15, 0.2) is 64.2 Å². The van der Waals surface area contributed by atoms with E-state index < -0.39 is 53.3 Å². The summed E-state index contributed by atoms with van der Waals surface area (Å²) in [5, 5.41) is 10.4. The van der Waals surface area contributed by atoms with Crippen molar-refractivity contribution in [2.24, 2.45) is 5.92 Å². The monoisotopic (exact) mass is 748 g/mol. The van der Waals surface area contributed by atoms with Gasteiger partial charge >= 0.3 is 11.9 Å². The van der Waals surface area contributed by atoms with Gasteiger partial charge in [-0.15, -0.1) is 0 Å². The van der Waals surface area contributed by atoms with Crippen molar-refractivity contribution in [3.8, 4) is 0 Å². The van der Waals surface area contributed by atoms with Crippen LogP contribution in [0, 0.1) is 5.92 Å². The zero-order chi connectivity index (χ0) is 37.7. The van der Waals surface area contributed by atoms with E-state index in [0.29, 0.717) is 47.4 Å². The van der Waals surface area contributed by atoms with Crippen LogP contribution in [0.25, 0.3) is 22.0 Å². The van der Waals surface area contributed by atoms with Crippen LogP contribution in [0.5, 0.6) is 0 Å². The van der Waals surface area contributed by atoms with Crippen LogP contribution in [-0.4, -0.2) is 72.7 Å². The Hall–Kier alpha value is -5.45. The number of nitrogens with zero attached hydrogens (tertiary/aromatic N) is 6. The number of alkyl halides is 4. The molecule has 282 valence electrons. The molecule has 1 saturated carbocycles. The number of anilines is 1. The molecule has 5 aromatic rings. The summed E-state index contributed by atoms with van der Waals surface area (Å²) in [6.07, 6.45) is 2.03. The van der Waals surface area contributed by atoms with Crippen molar-refractivity contribution in [1.82, 2.24) is 34.5 Å². The molecule has 3 atom stereocenters. The molecule has 2 aromatic carbocycles. The first-order valence-electron chi connectivity index (χ1n) is 17.9. The van der Waals surface area contributed by atoms with E-state index in [9.17, 15) is 32.3 Å². The number of nitrogens with one attached hydrogen (secondary N) is 2. The van der Waals surface area contributed by atoms with Crippen molar-refractivity contribution in [3.63, 3.8) is 0 Å². The molecule has 17 heteroatoms. The highest BCUT2D eigenvalue weighted by Crippen LogP contribution is 2.38. The number of fused-ring (bicyclic) bond motifs is 2. The summed E-state index contributed by atoms with van der Waals surface area (Å²) in [5.41, 5.74) is 0.709. The van der Waals surface area contributed by atoms with Gasteiger partial charge < -0.3 is 14.6 Å². The van der Waals surface area contributed by atoms with Gasteiger partial charge in [0.15, 0.2) is 11.3 Å². The Kier molecular flexibility index (Phi) is 9.27. The fraction of sp³-hybridized carbons (Fsp3) is 0.432. The van der Waals surface area contributed by atoms with Crippen LogP contribution < -0.4 is 16.4 Å². The zero-order valence-corrected chi connectivity index (χ0v) is 28.9. The summed E-state index contributed by atoms with van der Waals surface area (Å²) < 4.78 is 63.8. The van der Waals surface area contributed by atoms with E-state index in [1.54, 1.807) is 36.4 Å². The highest BCUT2D eigenvalue weighted by Gasteiger charge is 2.37. The van der Waals surface area contributed by atoms with Crippen LogP contribution in [0.3, 0.4) is 0 Å². The van der Waals surface area contributed by atoms with Gasteiger partial charge in [-0.3, -0.25) is 33.9 Å². The van der Waals surface area contributed by atoms with E-state index in [1.807, 2.05) is 10.9 Å². The van der Waals surface area contributed by atoms with Gasteiger partial charge in [0.05, 0.1) is 29.5 Å². The molecule has 5 heterocycles. The molecule has 0 bridgehead atoms. The van der Waals surface area contributed by atoms with E-state index in [4.69, 9.17) is 9.52 Å². The lowest BCUT2D eigenvalue weighted by atomic mass is 9.84. The van der Waals surface area contributed by atoms with Gasteiger partial charge in [-0.25, -0.2) is 14.2 Å². The third-order valence-corrected chi connectivity index (χ3v) is 10.9. The highest BCUT2D eigenvalue weighted by molar-refractivity contribution is 6.03. The minimum atomic E-state index is -4.72. The first kappa shape index (κ1) is 35.6. The van der Waals surface area contributed by atoms with Gasteiger partial charge in [-0.1, -0.05) is 12.1 Å². The molecular formula is C37H36F4N8O5. The van der Waals surface area contributed by atoms with E-state index in [2.05, 4.69) is 25.5 Å².